The van der Waals surface area contributed by atoms with Crippen LogP contribution in [0.5, 0.6) is 0 Å². The van der Waals surface area contributed by atoms with Crippen molar-refractivity contribution in [3.8, 4) is 0 Å². The molecule has 0 spiro atoms. The van der Waals surface area contributed by atoms with Crippen LogP contribution in [0.15, 0.2) is 11.1 Å². The smallest absolute Gasteiger partial charge is 0.309 e. The summed E-state index contributed by atoms with van der Waals surface area (Å²) in [6, 6.07) is 0. The predicted octanol–water partition coefficient (Wildman–Crippen LogP) is 4.40. The highest BCUT2D eigenvalue weighted by atomic mass is 16.4. The monoisotopic (exact) mass is 320 g/mol. The summed E-state index contributed by atoms with van der Waals surface area (Å²) in [6.45, 7) is 8.65. The Bertz CT molecular complexity index is 535. The standard InChI is InChI=1S/C20H32O3/c1-12(2)13-6-8-15-14(17(13)21)7-9-16-19(15,3)10-5-11-20(16,4)18(22)23/h12-13,16-17,21H,5-11H2,1-4H3,(H,22,23)/t13-,16?,17?,19+,20+/m0/s1. The summed E-state index contributed by atoms with van der Waals surface area (Å²) >= 11 is 0. The first-order chi connectivity index (χ1) is 10.7. The molecule has 2 unspecified atom stereocenters. The molecule has 0 radical (unpaired) electrons. The minimum atomic E-state index is -0.631. The van der Waals surface area contributed by atoms with Gasteiger partial charge in [0.05, 0.1) is 11.5 Å². The molecule has 3 rings (SSSR count). The molecule has 3 aliphatic carbocycles. The van der Waals surface area contributed by atoms with Gasteiger partial charge in [0.25, 0.3) is 0 Å². The van der Waals surface area contributed by atoms with Crippen LogP contribution in [0.2, 0.25) is 0 Å². The van der Waals surface area contributed by atoms with E-state index in [9.17, 15) is 15.0 Å². The van der Waals surface area contributed by atoms with Gasteiger partial charge in [0.2, 0.25) is 0 Å². The third-order valence-electron chi connectivity index (χ3n) is 7.54. The lowest BCUT2D eigenvalue weighted by molar-refractivity contribution is -0.159. The molecular weight excluding hydrogens is 288 g/mol. The molecule has 0 heterocycles. The van der Waals surface area contributed by atoms with Crippen LogP contribution in [-0.2, 0) is 4.79 Å². The van der Waals surface area contributed by atoms with Crippen LogP contribution in [0.3, 0.4) is 0 Å². The van der Waals surface area contributed by atoms with Gasteiger partial charge in [-0.1, -0.05) is 32.8 Å². The number of hydrogen-bond donors (Lipinski definition) is 2. The second-order valence-electron chi connectivity index (χ2n) is 8.98. The van der Waals surface area contributed by atoms with Crippen molar-refractivity contribution in [3.63, 3.8) is 0 Å². The van der Waals surface area contributed by atoms with Crippen molar-refractivity contribution in [2.45, 2.75) is 78.7 Å². The molecule has 23 heavy (non-hydrogen) atoms. The minimum Gasteiger partial charge on any atom is -0.481 e. The average Bonchev–Trinajstić information content (AvgIpc) is 2.47. The third-order valence-corrected chi connectivity index (χ3v) is 7.54. The first-order valence-corrected chi connectivity index (χ1v) is 9.35. The predicted molar refractivity (Wildman–Crippen MR) is 91.0 cm³/mol. The van der Waals surface area contributed by atoms with Crippen molar-refractivity contribution >= 4 is 5.97 Å². The number of aliphatic hydroxyl groups excluding tert-OH is 1. The van der Waals surface area contributed by atoms with Gasteiger partial charge in [0.1, 0.15) is 0 Å². The van der Waals surface area contributed by atoms with Crippen molar-refractivity contribution in [2.24, 2.45) is 28.6 Å². The zero-order chi connectivity index (χ0) is 17.0. The van der Waals surface area contributed by atoms with Crippen molar-refractivity contribution in [1.29, 1.82) is 0 Å². The highest BCUT2D eigenvalue weighted by Gasteiger charge is 2.57. The number of aliphatic hydroxyl groups is 1. The normalized spacial score (nSPS) is 44.0. The van der Waals surface area contributed by atoms with E-state index in [1.54, 1.807) is 0 Å². The highest BCUT2D eigenvalue weighted by Crippen LogP contribution is 2.62. The molecule has 130 valence electrons. The third kappa shape index (κ3) is 2.38. The zero-order valence-corrected chi connectivity index (χ0v) is 15.1. The van der Waals surface area contributed by atoms with Gasteiger partial charge in [0, 0.05) is 0 Å². The van der Waals surface area contributed by atoms with E-state index in [4.69, 9.17) is 0 Å². The lowest BCUT2D eigenvalue weighted by Gasteiger charge is -2.56. The average molecular weight is 320 g/mol. The second kappa shape index (κ2) is 5.61. The fraction of sp³-hybridized carbons (Fsp3) is 0.850. The fourth-order valence-electron chi connectivity index (χ4n) is 6.14. The number of allylic oxidation sites excluding steroid dienone is 1. The molecule has 0 aliphatic heterocycles. The summed E-state index contributed by atoms with van der Waals surface area (Å²) < 4.78 is 0. The van der Waals surface area contributed by atoms with Gasteiger partial charge in [-0.2, -0.15) is 0 Å². The Morgan fingerprint density at radius 2 is 1.87 bits per heavy atom. The van der Waals surface area contributed by atoms with Gasteiger partial charge < -0.3 is 10.2 Å². The number of carboxylic acid groups (broad SMARTS) is 1. The maximum Gasteiger partial charge on any atom is 0.309 e. The van der Waals surface area contributed by atoms with Gasteiger partial charge in [0.15, 0.2) is 0 Å². The topological polar surface area (TPSA) is 57.5 Å². The summed E-state index contributed by atoms with van der Waals surface area (Å²) in [5, 5.41) is 20.8. The highest BCUT2D eigenvalue weighted by molar-refractivity contribution is 5.75. The molecule has 0 aromatic rings. The van der Waals surface area contributed by atoms with Crippen LogP contribution in [0, 0.1) is 28.6 Å². The molecule has 0 saturated heterocycles. The SMILES string of the molecule is CC(C)[C@@H]1CCC2=C(CCC3[C@](C)(C(=O)O)CCC[C@]23C)C1O. The summed E-state index contributed by atoms with van der Waals surface area (Å²) in [6.07, 6.45) is 6.45. The minimum absolute atomic E-state index is 0.0259. The van der Waals surface area contributed by atoms with E-state index in [1.165, 1.54) is 11.1 Å². The van der Waals surface area contributed by atoms with E-state index < -0.39 is 11.4 Å². The quantitative estimate of drug-likeness (QED) is 0.741. The van der Waals surface area contributed by atoms with E-state index in [1.807, 2.05) is 6.92 Å². The number of fused-ring (bicyclic) bond motifs is 2. The Hall–Kier alpha value is -0.830. The maximum absolute atomic E-state index is 12.0. The molecule has 3 nitrogen and oxygen atoms in total. The fourth-order valence-corrected chi connectivity index (χ4v) is 6.14. The van der Waals surface area contributed by atoms with Crippen LogP contribution < -0.4 is 0 Å². The zero-order valence-electron chi connectivity index (χ0n) is 15.1. The lowest BCUT2D eigenvalue weighted by atomic mass is 9.48. The maximum atomic E-state index is 12.0. The molecular formula is C20H32O3. The summed E-state index contributed by atoms with van der Waals surface area (Å²) in [7, 11) is 0. The van der Waals surface area contributed by atoms with Gasteiger partial charge in [-0.25, -0.2) is 0 Å². The van der Waals surface area contributed by atoms with Crippen LogP contribution >= 0.6 is 0 Å². The Morgan fingerprint density at radius 1 is 1.17 bits per heavy atom. The molecule has 0 aromatic carbocycles. The summed E-state index contributed by atoms with van der Waals surface area (Å²) in [5.74, 6) is 0.445. The van der Waals surface area contributed by atoms with Crippen molar-refractivity contribution < 1.29 is 15.0 Å². The van der Waals surface area contributed by atoms with Gasteiger partial charge in [-0.3, -0.25) is 4.79 Å². The van der Waals surface area contributed by atoms with E-state index >= 15 is 0 Å². The molecule has 0 bridgehead atoms. The molecule has 3 heteroatoms. The molecule has 2 N–H and O–H groups in total. The first-order valence-electron chi connectivity index (χ1n) is 9.35. The summed E-state index contributed by atoms with van der Waals surface area (Å²) in [5.41, 5.74) is 2.06. The Morgan fingerprint density at radius 3 is 2.48 bits per heavy atom. The van der Waals surface area contributed by atoms with Crippen LogP contribution in [0.25, 0.3) is 0 Å². The van der Waals surface area contributed by atoms with Crippen LogP contribution in [-0.4, -0.2) is 22.3 Å². The molecule has 1 saturated carbocycles. The molecule has 3 aliphatic rings. The van der Waals surface area contributed by atoms with Crippen LogP contribution in [0.1, 0.15) is 72.6 Å². The van der Waals surface area contributed by atoms with Crippen molar-refractivity contribution in [2.75, 3.05) is 0 Å². The number of rotatable bonds is 2. The van der Waals surface area contributed by atoms with E-state index in [0.29, 0.717) is 11.8 Å². The van der Waals surface area contributed by atoms with E-state index in [0.717, 1.165) is 44.9 Å². The Labute approximate surface area is 140 Å². The van der Waals surface area contributed by atoms with Gasteiger partial charge in [-0.15, -0.1) is 0 Å². The molecule has 0 aromatic heterocycles. The van der Waals surface area contributed by atoms with E-state index in [-0.39, 0.29) is 17.4 Å². The van der Waals surface area contributed by atoms with Crippen LogP contribution in [0.4, 0.5) is 0 Å². The number of hydrogen-bond acceptors (Lipinski definition) is 2. The van der Waals surface area contributed by atoms with Crippen molar-refractivity contribution in [3.05, 3.63) is 11.1 Å². The number of carbonyl (C=O) groups is 1. The van der Waals surface area contributed by atoms with Gasteiger partial charge in [-0.05, 0) is 74.2 Å². The second-order valence-corrected chi connectivity index (χ2v) is 8.98. The Kier molecular flexibility index (Phi) is 4.15. The first kappa shape index (κ1) is 17.0. The number of aliphatic carboxylic acids is 1. The molecule has 5 atom stereocenters. The molecule has 0 amide bonds. The van der Waals surface area contributed by atoms with E-state index in [2.05, 4.69) is 20.8 Å². The van der Waals surface area contributed by atoms with Gasteiger partial charge >= 0.3 is 5.97 Å². The number of carboxylic acids is 1. The Balaban J connectivity index is 2.01. The largest absolute Gasteiger partial charge is 0.481 e. The lowest BCUT2D eigenvalue weighted by Crippen LogP contribution is -2.52. The molecule has 1 fully saturated rings. The summed E-state index contributed by atoms with van der Waals surface area (Å²) in [4.78, 5) is 12.0. The van der Waals surface area contributed by atoms with Crippen molar-refractivity contribution in [1.82, 2.24) is 0 Å².